The second-order valence-corrected chi connectivity index (χ2v) is 9.63. The first kappa shape index (κ1) is 19.2. The van der Waals surface area contributed by atoms with Crippen LogP contribution in [0.15, 0.2) is 46.7 Å². The standard InChI is InChI=1S/C17H19ClN2O4S2/c18-15-6-7-17(25-15)26(22,23)20-11-9-19(10-12-20)16(21)8-13-24-14-4-2-1-3-5-14/h1-7H,8-13H2. The molecule has 0 aliphatic carbocycles. The van der Waals surface area contributed by atoms with E-state index in [0.717, 1.165) is 17.1 Å². The van der Waals surface area contributed by atoms with E-state index in [4.69, 9.17) is 16.3 Å². The summed E-state index contributed by atoms with van der Waals surface area (Å²) in [4.78, 5) is 14.0. The number of hydrogen-bond acceptors (Lipinski definition) is 5. The minimum absolute atomic E-state index is 0.0304. The fraction of sp³-hybridized carbons (Fsp3) is 0.353. The Bertz CT molecular complexity index is 847. The normalized spacial score (nSPS) is 15.8. The Morgan fingerprint density at radius 2 is 1.77 bits per heavy atom. The molecule has 0 spiro atoms. The maximum Gasteiger partial charge on any atom is 0.252 e. The van der Waals surface area contributed by atoms with E-state index in [9.17, 15) is 13.2 Å². The number of piperazine rings is 1. The van der Waals surface area contributed by atoms with E-state index in [0.29, 0.717) is 24.0 Å². The highest BCUT2D eigenvalue weighted by Gasteiger charge is 2.30. The van der Waals surface area contributed by atoms with Gasteiger partial charge in [0.2, 0.25) is 5.91 Å². The molecule has 1 aromatic heterocycles. The molecule has 140 valence electrons. The molecule has 26 heavy (non-hydrogen) atoms. The van der Waals surface area contributed by atoms with Crippen LogP contribution >= 0.6 is 22.9 Å². The third-order valence-corrected chi connectivity index (χ3v) is 7.66. The Morgan fingerprint density at radius 3 is 2.38 bits per heavy atom. The molecule has 1 amide bonds. The predicted octanol–water partition coefficient (Wildman–Crippen LogP) is 2.70. The van der Waals surface area contributed by atoms with Crippen LogP contribution in [-0.4, -0.2) is 56.3 Å². The Labute approximate surface area is 162 Å². The third-order valence-electron chi connectivity index (χ3n) is 4.06. The second kappa shape index (κ2) is 8.39. The molecule has 2 aromatic rings. The van der Waals surface area contributed by atoms with Gasteiger partial charge in [-0.3, -0.25) is 4.79 Å². The molecule has 1 aliphatic rings. The van der Waals surface area contributed by atoms with E-state index in [1.165, 1.54) is 10.4 Å². The lowest BCUT2D eigenvalue weighted by atomic mass is 10.3. The highest BCUT2D eigenvalue weighted by molar-refractivity contribution is 7.91. The molecule has 0 radical (unpaired) electrons. The Balaban J connectivity index is 1.48. The van der Waals surface area contributed by atoms with Crippen LogP contribution < -0.4 is 4.74 Å². The van der Waals surface area contributed by atoms with Crippen molar-refractivity contribution in [3.63, 3.8) is 0 Å². The molecule has 3 rings (SSSR count). The zero-order chi connectivity index (χ0) is 18.6. The maximum absolute atomic E-state index is 12.6. The average Bonchev–Trinajstić information content (AvgIpc) is 3.10. The van der Waals surface area contributed by atoms with Crippen molar-refractivity contribution in [2.45, 2.75) is 10.6 Å². The van der Waals surface area contributed by atoms with Crippen molar-refractivity contribution >= 4 is 38.9 Å². The molecule has 9 heteroatoms. The van der Waals surface area contributed by atoms with Crippen LogP contribution in [0.3, 0.4) is 0 Å². The number of rotatable bonds is 6. The molecule has 0 saturated carbocycles. The molecule has 0 N–H and O–H groups in total. The lowest BCUT2D eigenvalue weighted by molar-refractivity contribution is -0.132. The number of nitrogens with zero attached hydrogens (tertiary/aromatic N) is 2. The highest BCUT2D eigenvalue weighted by atomic mass is 35.5. The highest BCUT2D eigenvalue weighted by Crippen LogP contribution is 2.28. The minimum atomic E-state index is -3.54. The predicted molar refractivity (Wildman–Crippen MR) is 101 cm³/mol. The van der Waals surface area contributed by atoms with E-state index in [1.54, 1.807) is 11.0 Å². The minimum Gasteiger partial charge on any atom is -0.493 e. The summed E-state index contributed by atoms with van der Waals surface area (Å²) in [6.45, 7) is 1.62. The number of para-hydroxylation sites is 1. The molecule has 0 unspecified atom stereocenters. The zero-order valence-corrected chi connectivity index (χ0v) is 16.4. The molecule has 1 aromatic carbocycles. The number of ether oxygens (including phenoxy) is 1. The topological polar surface area (TPSA) is 66.9 Å². The molecule has 1 aliphatic heterocycles. The van der Waals surface area contributed by atoms with E-state index in [1.807, 2.05) is 30.3 Å². The number of amides is 1. The molecule has 0 atom stereocenters. The lowest BCUT2D eigenvalue weighted by Crippen LogP contribution is -2.50. The lowest BCUT2D eigenvalue weighted by Gasteiger charge is -2.33. The molecular formula is C17H19ClN2O4S2. The maximum atomic E-state index is 12.6. The fourth-order valence-electron chi connectivity index (χ4n) is 2.67. The Morgan fingerprint density at radius 1 is 1.08 bits per heavy atom. The molecule has 2 heterocycles. The number of hydrogen-bond donors (Lipinski definition) is 0. The summed E-state index contributed by atoms with van der Waals surface area (Å²) in [6, 6.07) is 12.4. The first-order chi connectivity index (χ1) is 12.5. The number of carbonyl (C=O) groups excluding carboxylic acids is 1. The summed E-state index contributed by atoms with van der Waals surface area (Å²) in [6.07, 6.45) is 0.266. The van der Waals surface area contributed by atoms with Crippen LogP contribution in [0.5, 0.6) is 5.75 Å². The van der Waals surface area contributed by atoms with Crippen molar-refractivity contribution in [2.24, 2.45) is 0 Å². The van der Waals surface area contributed by atoms with Gasteiger partial charge in [-0.25, -0.2) is 8.42 Å². The van der Waals surface area contributed by atoms with Crippen molar-refractivity contribution < 1.29 is 17.9 Å². The monoisotopic (exact) mass is 414 g/mol. The first-order valence-electron chi connectivity index (χ1n) is 8.18. The molecule has 1 fully saturated rings. The van der Waals surface area contributed by atoms with Crippen LogP contribution in [0.4, 0.5) is 0 Å². The second-order valence-electron chi connectivity index (χ2n) is 5.75. The zero-order valence-electron chi connectivity index (χ0n) is 14.0. The van der Waals surface area contributed by atoms with Gasteiger partial charge < -0.3 is 9.64 Å². The van der Waals surface area contributed by atoms with Crippen molar-refractivity contribution in [3.8, 4) is 5.75 Å². The molecular weight excluding hydrogens is 396 g/mol. The number of carbonyl (C=O) groups is 1. The number of thiophene rings is 1. The van der Waals surface area contributed by atoms with Gasteiger partial charge in [0.1, 0.15) is 9.96 Å². The number of halogens is 1. The van der Waals surface area contributed by atoms with E-state index >= 15 is 0 Å². The fourth-order valence-corrected chi connectivity index (χ4v) is 5.73. The van der Waals surface area contributed by atoms with Crippen molar-refractivity contribution in [1.29, 1.82) is 0 Å². The number of sulfonamides is 1. The van der Waals surface area contributed by atoms with Gasteiger partial charge in [-0.05, 0) is 24.3 Å². The van der Waals surface area contributed by atoms with Gasteiger partial charge >= 0.3 is 0 Å². The quantitative estimate of drug-likeness (QED) is 0.728. The van der Waals surface area contributed by atoms with E-state index < -0.39 is 10.0 Å². The summed E-state index contributed by atoms with van der Waals surface area (Å²) in [5.41, 5.74) is 0. The van der Waals surface area contributed by atoms with Crippen molar-refractivity contribution in [1.82, 2.24) is 9.21 Å². The van der Waals surface area contributed by atoms with Gasteiger partial charge in [0.15, 0.2) is 0 Å². The number of benzene rings is 1. The van der Waals surface area contributed by atoms with Crippen molar-refractivity contribution in [3.05, 3.63) is 46.8 Å². The molecule has 6 nitrogen and oxygen atoms in total. The van der Waals surface area contributed by atoms with Gasteiger partial charge in [-0.1, -0.05) is 29.8 Å². The average molecular weight is 415 g/mol. The summed E-state index contributed by atoms with van der Waals surface area (Å²) >= 11 is 6.88. The van der Waals surface area contributed by atoms with Crippen LogP contribution in [0.25, 0.3) is 0 Å². The van der Waals surface area contributed by atoms with E-state index in [-0.39, 0.29) is 29.6 Å². The Hall–Kier alpha value is -1.61. The van der Waals surface area contributed by atoms with Crippen LogP contribution in [0.2, 0.25) is 4.34 Å². The smallest absolute Gasteiger partial charge is 0.252 e. The van der Waals surface area contributed by atoms with Crippen LogP contribution in [-0.2, 0) is 14.8 Å². The van der Waals surface area contributed by atoms with Gasteiger partial charge in [-0.15, -0.1) is 11.3 Å². The van der Waals surface area contributed by atoms with Gasteiger partial charge in [-0.2, -0.15) is 4.31 Å². The van der Waals surface area contributed by atoms with Gasteiger partial charge in [0, 0.05) is 26.2 Å². The van der Waals surface area contributed by atoms with Crippen molar-refractivity contribution in [2.75, 3.05) is 32.8 Å². The summed E-state index contributed by atoms with van der Waals surface area (Å²) in [7, 11) is -3.54. The van der Waals surface area contributed by atoms with Crippen LogP contribution in [0.1, 0.15) is 6.42 Å². The third kappa shape index (κ3) is 4.56. The van der Waals surface area contributed by atoms with E-state index in [2.05, 4.69) is 0 Å². The molecule has 0 bridgehead atoms. The summed E-state index contributed by atoms with van der Waals surface area (Å²) in [5, 5.41) is 0. The van der Waals surface area contributed by atoms with Gasteiger partial charge in [0.05, 0.1) is 17.4 Å². The van der Waals surface area contributed by atoms with Gasteiger partial charge in [0.25, 0.3) is 10.0 Å². The summed E-state index contributed by atoms with van der Waals surface area (Å²) < 4.78 is 32.7. The largest absolute Gasteiger partial charge is 0.493 e. The first-order valence-corrected chi connectivity index (χ1v) is 10.8. The Kier molecular flexibility index (Phi) is 6.18. The SMILES string of the molecule is O=C(CCOc1ccccc1)N1CCN(S(=O)(=O)c2ccc(Cl)s2)CC1. The molecule has 1 saturated heterocycles. The van der Waals surface area contributed by atoms with Crippen LogP contribution in [0, 0.1) is 0 Å². The summed E-state index contributed by atoms with van der Waals surface area (Å²) in [5.74, 6) is 0.697.